The minimum atomic E-state index is 0.0519. The van der Waals surface area contributed by atoms with Gasteiger partial charge in [-0.3, -0.25) is 4.79 Å². The van der Waals surface area contributed by atoms with E-state index in [1.54, 1.807) is 11.8 Å². The van der Waals surface area contributed by atoms with E-state index in [2.05, 4.69) is 42.0 Å². The molecule has 0 aliphatic carbocycles. The molecule has 4 heteroatoms. The highest BCUT2D eigenvalue weighted by Crippen LogP contribution is 2.26. The van der Waals surface area contributed by atoms with Crippen LogP contribution in [0.15, 0.2) is 16.6 Å². The van der Waals surface area contributed by atoms with Gasteiger partial charge in [-0.05, 0) is 37.1 Å². The molecule has 2 nitrogen and oxygen atoms in total. The predicted octanol–water partition coefficient (Wildman–Crippen LogP) is 4.54. The second kappa shape index (κ2) is 6.11. The summed E-state index contributed by atoms with van der Waals surface area (Å²) in [5.41, 5.74) is 3.13. The van der Waals surface area contributed by atoms with Crippen molar-refractivity contribution in [1.29, 1.82) is 0 Å². The lowest BCUT2D eigenvalue weighted by Gasteiger charge is -2.17. The Bertz CT molecular complexity index is 429. The summed E-state index contributed by atoms with van der Waals surface area (Å²) in [7, 11) is 0. The molecule has 0 saturated carbocycles. The summed E-state index contributed by atoms with van der Waals surface area (Å²) >= 11 is 5.17. The number of hydrogen-bond donors (Lipinski definition) is 1. The second-order valence-corrected chi connectivity index (χ2v) is 7.97. The van der Waals surface area contributed by atoms with E-state index in [1.807, 2.05) is 26.0 Å². The molecule has 1 N–H and O–H groups in total. The Hall–Kier alpha value is -0.480. The van der Waals surface area contributed by atoms with Gasteiger partial charge in [0.25, 0.3) is 0 Å². The van der Waals surface area contributed by atoms with Crippen LogP contribution in [0.1, 0.15) is 31.9 Å². The van der Waals surface area contributed by atoms with Crippen molar-refractivity contribution in [2.45, 2.75) is 39.4 Å². The molecule has 0 fully saturated rings. The van der Waals surface area contributed by atoms with Gasteiger partial charge in [-0.25, -0.2) is 0 Å². The third-order valence-corrected chi connectivity index (χ3v) is 4.88. The molecule has 0 heterocycles. The van der Waals surface area contributed by atoms with Gasteiger partial charge in [0.2, 0.25) is 5.91 Å². The van der Waals surface area contributed by atoms with Gasteiger partial charge in [-0.1, -0.05) is 36.7 Å². The van der Waals surface area contributed by atoms with Crippen molar-refractivity contribution in [3.8, 4) is 0 Å². The van der Waals surface area contributed by atoms with Crippen LogP contribution in [-0.2, 0) is 4.79 Å². The Morgan fingerprint density at radius 3 is 2.22 bits per heavy atom. The van der Waals surface area contributed by atoms with E-state index >= 15 is 0 Å². The van der Waals surface area contributed by atoms with Gasteiger partial charge in [0.1, 0.15) is 0 Å². The normalized spacial score (nSPS) is 11.4. The maximum absolute atomic E-state index is 11.8. The Labute approximate surface area is 122 Å². The van der Waals surface area contributed by atoms with Crippen LogP contribution in [0.25, 0.3) is 0 Å². The minimum absolute atomic E-state index is 0.0519. The van der Waals surface area contributed by atoms with E-state index in [9.17, 15) is 4.79 Å². The fourth-order valence-electron chi connectivity index (χ4n) is 1.50. The standard InChI is InChI=1S/C14H20BrNOS/c1-9-6-11(7-10(2)13(9)15)16-12(17)8-18-14(3,4)5/h6-7H,8H2,1-5H3,(H,16,17). The van der Waals surface area contributed by atoms with E-state index in [-0.39, 0.29) is 10.7 Å². The van der Waals surface area contributed by atoms with Crippen molar-refractivity contribution in [3.05, 3.63) is 27.7 Å². The molecule has 1 aromatic rings. The molecule has 18 heavy (non-hydrogen) atoms. The first kappa shape index (κ1) is 15.6. The number of amides is 1. The maximum Gasteiger partial charge on any atom is 0.234 e. The Morgan fingerprint density at radius 2 is 1.78 bits per heavy atom. The van der Waals surface area contributed by atoms with Crippen LogP contribution < -0.4 is 5.32 Å². The number of carbonyl (C=O) groups excluding carboxylic acids is 1. The first-order valence-electron chi connectivity index (χ1n) is 5.89. The number of anilines is 1. The molecular weight excluding hydrogens is 310 g/mol. The summed E-state index contributed by atoms with van der Waals surface area (Å²) in [5, 5.41) is 2.94. The lowest BCUT2D eigenvalue weighted by molar-refractivity contribution is -0.113. The average Bonchev–Trinajstić information content (AvgIpc) is 2.22. The van der Waals surface area contributed by atoms with E-state index in [1.165, 1.54) is 0 Å². The number of aryl methyl sites for hydroxylation is 2. The van der Waals surface area contributed by atoms with Crippen molar-refractivity contribution >= 4 is 39.3 Å². The molecule has 0 aliphatic heterocycles. The Kier molecular flexibility index (Phi) is 5.29. The number of thioether (sulfide) groups is 1. The number of benzene rings is 1. The summed E-state index contributed by atoms with van der Waals surface area (Å²) in [6.45, 7) is 10.4. The van der Waals surface area contributed by atoms with Crippen molar-refractivity contribution in [1.82, 2.24) is 0 Å². The third kappa shape index (κ3) is 5.02. The first-order valence-corrected chi connectivity index (χ1v) is 7.67. The highest BCUT2D eigenvalue weighted by molar-refractivity contribution is 9.10. The lowest BCUT2D eigenvalue weighted by Crippen LogP contribution is -2.19. The topological polar surface area (TPSA) is 29.1 Å². The second-order valence-electron chi connectivity index (χ2n) is 5.37. The Balaban J connectivity index is 2.65. The number of halogens is 1. The zero-order chi connectivity index (χ0) is 13.9. The largest absolute Gasteiger partial charge is 0.325 e. The van der Waals surface area contributed by atoms with Gasteiger partial charge in [0, 0.05) is 14.9 Å². The maximum atomic E-state index is 11.8. The van der Waals surface area contributed by atoms with Crippen LogP contribution in [0, 0.1) is 13.8 Å². The highest BCUT2D eigenvalue weighted by Gasteiger charge is 2.13. The summed E-state index contributed by atoms with van der Waals surface area (Å²) in [5.74, 6) is 0.536. The SMILES string of the molecule is Cc1cc(NC(=O)CSC(C)(C)C)cc(C)c1Br. The molecule has 0 aliphatic rings. The lowest BCUT2D eigenvalue weighted by atomic mass is 10.1. The van der Waals surface area contributed by atoms with E-state index in [0.29, 0.717) is 5.75 Å². The fraction of sp³-hybridized carbons (Fsp3) is 0.500. The minimum Gasteiger partial charge on any atom is -0.325 e. The molecule has 0 spiro atoms. The van der Waals surface area contributed by atoms with Crippen LogP contribution >= 0.6 is 27.7 Å². The van der Waals surface area contributed by atoms with Crippen LogP contribution in [0.5, 0.6) is 0 Å². The molecule has 0 aromatic heterocycles. The number of nitrogens with one attached hydrogen (secondary N) is 1. The molecule has 1 aromatic carbocycles. The zero-order valence-corrected chi connectivity index (χ0v) is 14.0. The summed E-state index contributed by atoms with van der Waals surface area (Å²) in [6.07, 6.45) is 0. The quantitative estimate of drug-likeness (QED) is 0.882. The van der Waals surface area contributed by atoms with Crippen molar-refractivity contribution in [2.24, 2.45) is 0 Å². The monoisotopic (exact) mass is 329 g/mol. The molecule has 0 saturated heterocycles. The third-order valence-electron chi connectivity index (χ3n) is 2.36. The van der Waals surface area contributed by atoms with Crippen LogP contribution in [0.3, 0.4) is 0 Å². The van der Waals surface area contributed by atoms with Crippen LogP contribution in [-0.4, -0.2) is 16.4 Å². The van der Waals surface area contributed by atoms with Gasteiger partial charge in [0.05, 0.1) is 5.75 Å². The first-order chi connectivity index (χ1) is 8.19. The summed E-state index contributed by atoms with van der Waals surface area (Å²) in [4.78, 5) is 11.8. The smallest absolute Gasteiger partial charge is 0.234 e. The van der Waals surface area contributed by atoms with Crippen LogP contribution in [0.4, 0.5) is 5.69 Å². The van der Waals surface area contributed by atoms with Crippen molar-refractivity contribution < 1.29 is 4.79 Å². The number of carbonyl (C=O) groups is 1. The molecule has 0 unspecified atom stereocenters. The molecule has 0 atom stereocenters. The molecule has 0 bridgehead atoms. The number of rotatable bonds is 3. The van der Waals surface area contributed by atoms with Gasteiger partial charge in [0.15, 0.2) is 0 Å². The molecule has 1 rings (SSSR count). The Morgan fingerprint density at radius 1 is 1.28 bits per heavy atom. The molecule has 0 radical (unpaired) electrons. The summed E-state index contributed by atoms with van der Waals surface area (Å²) < 4.78 is 1.22. The van der Waals surface area contributed by atoms with Gasteiger partial charge >= 0.3 is 0 Å². The van der Waals surface area contributed by atoms with E-state index in [4.69, 9.17) is 0 Å². The molecule has 100 valence electrons. The fourth-order valence-corrected chi connectivity index (χ4v) is 2.36. The van der Waals surface area contributed by atoms with Gasteiger partial charge in [-0.2, -0.15) is 0 Å². The average molecular weight is 330 g/mol. The van der Waals surface area contributed by atoms with Gasteiger partial charge in [-0.15, -0.1) is 11.8 Å². The zero-order valence-electron chi connectivity index (χ0n) is 11.6. The summed E-state index contributed by atoms with van der Waals surface area (Å²) in [6, 6.07) is 3.97. The van der Waals surface area contributed by atoms with Crippen molar-refractivity contribution in [2.75, 3.05) is 11.1 Å². The predicted molar refractivity (Wildman–Crippen MR) is 84.5 cm³/mol. The van der Waals surface area contributed by atoms with Crippen molar-refractivity contribution in [3.63, 3.8) is 0 Å². The number of hydrogen-bond acceptors (Lipinski definition) is 2. The van der Waals surface area contributed by atoms with E-state index in [0.717, 1.165) is 21.3 Å². The highest BCUT2D eigenvalue weighted by atomic mass is 79.9. The van der Waals surface area contributed by atoms with Crippen LogP contribution in [0.2, 0.25) is 0 Å². The van der Waals surface area contributed by atoms with Gasteiger partial charge < -0.3 is 5.32 Å². The van der Waals surface area contributed by atoms with E-state index < -0.39 is 0 Å². The molecular formula is C14H20BrNOS. The molecule has 1 amide bonds.